The van der Waals surface area contributed by atoms with Crippen LogP contribution in [0, 0.1) is 6.92 Å². The second-order valence-corrected chi connectivity index (χ2v) is 6.83. The summed E-state index contributed by atoms with van der Waals surface area (Å²) in [5.41, 5.74) is 4.64. The van der Waals surface area contributed by atoms with Crippen LogP contribution in [0.1, 0.15) is 36.6 Å². The number of aryl methyl sites for hydroxylation is 1. The molecule has 0 aliphatic rings. The monoisotopic (exact) mass is 323 g/mol. The van der Waals surface area contributed by atoms with E-state index in [1.807, 2.05) is 18.2 Å². The average Bonchev–Trinajstić information content (AvgIpc) is 3.03. The highest BCUT2D eigenvalue weighted by Gasteiger charge is 2.07. The Hall–Kier alpha value is -2.13. The molecule has 0 amide bonds. The first kappa shape index (κ1) is 15.8. The second kappa shape index (κ2) is 6.97. The van der Waals surface area contributed by atoms with Crippen molar-refractivity contribution in [1.29, 1.82) is 0 Å². The Balaban J connectivity index is 1.69. The van der Waals surface area contributed by atoms with Crippen molar-refractivity contribution in [2.45, 2.75) is 33.3 Å². The highest BCUT2D eigenvalue weighted by molar-refractivity contribution is 7.13. The van der Waals surface area contributed by atoms with Gasteiger partial charge in [-0.2, -0.15) is 0 Å². The average molecular weight is 323 g/mol. The Morgan fingerprint density at radius 1 is 1.04 bits per heavy atom. The molecule has 2 aromatic carbocycles. The zero-order valence-electron chi connectivity index (χ0n) is 13.7. The van der Waals surface area contributed by atoms with Gasteiger partial charge in [0, 0.05) is 10.9 Å². The van der Waals surface area contributed by atoms with Gasteiger partial charge in [0.25, 0.3) is 0 Å². The van der Waals surface area contributed by atoms with Gasteiger partial charge in [-0.15, -0.1) is 11.3 Å². The predicted octanol–water partition coefficient (Wildman–Crippen LogP) is 5.82. The predicted molar refractivity (Wildman–Crippen MR) is 97.2 cm³/mol. The molecule has 0 fully saturated rings. The Morgan fingerprint density at radius 3 is 2.48 bits per heavy atom. The minimum atomic E-state index is 0.505. The van der Waals surface area contributed by atoms with E-state index in [0.29, 0.717) is 12.5 Å². The summed E-state index contributed by atoms with van der Waals surface area (Å²) in [6.45, 7) is 6.97. The molecule has 0 N–H and O–H groups in total. The molecule has 0 saturated heterocycles. The van der Waals surface area contributed by atoms with Crippen molar-refractivity contribution in [2.24, 2.45) is 0 Å². The molecule has 0 aliphatic heterocycles. The minimum Gasteiger partial charge on any atom is -0.487 e. The van der Waals surface area contributed by atoms with Crippen LogP contribution in [0.4, 0.5) is 0 Å². The molecule has 23 heavy (non-hydrogen) atoms. The van der Waals surface area contributed by atoms with Gasteiger partial charge in [-0.25, -0.2) is 4.98 Å². The molecule has 0 aliphatic carbocycles. The van der Waals surface area contributed by atoms with E-state index in [1.54, 1.807) is 11.3 Å². The third-order valence-electron chi connectivity index (χ3n) is 3.85. The lowest BCUT2D eigenvalue weighted by atomic mass is 10.0. The number of thiazole rings is 1. The van der Waals surface area contributed by atoms with Gasteiger partial charge < -0.3 is 4.74 Å². The molecule has 0 spiro atoms. The summed E-state index contributed by atoms with van der Waals surface area (Å²) in [5, 5.41) is 3.12. The van der Waals surface area contributed by atoms with Crippen molar-refractivity contribution in [2.75, 3.05) is 0 Å². The minimum absolute atomic E-state index is 0.505. The normalized spacial score (nSPS) is 11.0. The highest BCUT2D eigenvalue weighted by atomic mass is 32.1. The third kappa shape index (κ3) is 3.80. The Kier molecular flexibility index (Phi) is 4.77. The van der Waals surface area contributed by atoms with Gasteiger partial charge in [0.2, 0.25) is 0 Å². The molecule has 3 heteroatoms. The summed E-state index contributed by atoms with van der Waals surface area (Å²) >= 11 is 1.67. The van der Waals surface area contributed by atoms with Gasteiger partial charge in [-0.3, -0.25) is 0 Å². The number of hydrogen-bond donors (Lipinski definition) is 0. The molecule has 0 atom stereocenters. The van der Waals surface area contributed by atoms with E-state index in [1.165, 1.54) is 11.1 Å². The molecule has 3 rings (SSSR count). The number of ether oxygens (including phenoxy) is 1. The second-order valence-electron chi connectivity index (χ2n) is 5.97. The lowest BCUT2D eigenvalue weighted by molar-refractivity contribution is 0.300. The Morgan fingerprint density at radius 2 is 1.78 bits per heavy atom. The van der Waals surface area contributed by atoms with Crippen LogP contribution in [-0.4, -0.2) is 4.98 Å². The van der Waals surface area contributed by atoms with Crippen LogP contribution in [0.2, 0.25) is 0 Å². The van der Waals surface area contributed by atoms with Gasteiger partial charge in [0.15, 0.2) is 0 Å². The van der Waals surface area contributed by atoms with Crippen molar-refractivity contribution >= 4 is 11.3 Å². The number of para-hydroxylation sites is 1. The van der Waals surface area contributed by atoms with E-state index >= 15 is 0 Å². The standard InChI is InChI=1S/C20H21NOS/c1-14(2)16-8-10-17(11-9-16)20-21-18(13-23-20)12-22-19-7-5-4-6-15(19)3/h4-11,13-14H,12H2,1-3H3. The molecule has 1 aromatic heterocycles. The summed E-state index contributed by atoms with van der Waals surface area (Å²) in [5.74, 6) is 1.47. The first-order valence-electron chi connectivity index (χ1n) is 7.86. The van der Waals surface area contributed by atoms with Crippen molar-refractivity contribution in [3.05, 3.63) is 70.7 Å². The van der Waals surface area contributed by atoms with Crippen LogP contribution < -0.4 is 4.74 Å². The molecule has 0 unspecified atom stereocenters. The fraction of sp³-hybridized carbons (Fsp3) is 0.250. The van der Waals surface area contributed by atoms with Crippen LogP contribution in [0.3, 0.4) is 0 Å². The molecule has 0 saturated carbocycles. The number of hydrogen-bond acceptors (Lipinski definition) is 3. The largest absolute Gasteiger partial charge is 0.487 e. The van der Waals surface area contributed by atoms with Crippen molar-refractivity contribution < 1.29 is 4.74 Å². The van der Waals surface area contributed by atoms with Crippen LogP contribution >= 0.6 is 11.3 Å². The molecule has 3 aromatic rings. The maximum Gasteiger partial charge on any atom is 0.131 e. The molecule has 0 radical (unpaired) electrons. The zero-order chi connectivity index (χ0) is 16.2. The molecular formula is C20H21NOS. The summed E-state index contributed by atoms with van der Waals surface area (Å²) in [6, 6.07) is 16.7. The summed E-state index contributed by atoms with van der Waals surface area (Å²) in [6.07, 6.45) is 0. The number of benzene rings is 2. The van der Waals surface area contributed by atoms with Crippen LogP contribution in [-0.2, 0) is 6.61 Å². The van der Waals surface area contributed by atoms with E-state index in [-0.39, 0.29) is 0 Å². The quantitative estimate of drug-likeness (QED) is 0.590. The maximum absolute atomic E-state index is 5.87. The van der Waals surface area contributed by atoms with E-state index in [0.717, 1.165) is 22.0 Å². The SMILES string of the molecule is Cc1ccccc1OCc1csc(-c2ccc(C(C)C)cc2)n1. The smallest absolute Gasteiger partial charge is 0.131 e. The van der Waals surface area contributed by atoms with Crippen LogP contribution in [0.15, 0.2) is 53.9 Å². The Bertz CT molecular complexity index is 774. The van der Waals surface area contributed by atoms with E-state index in [4.69, 9.17) is 9.72 Å². The topological polar surface area (TPSA) is 22.1 Å². The van der Waals surface area contributed by atoms with E-state index in [2.05, 4.69) is 56.5 Å². The molecule has 118 valence electrons. The molecule has 1 heterocycles. The van der Waals surface area contributed by atoms with Gasteiger partial charge >= 0.3 is 0 Å². The van der Waals surface area contributed by atoms with Gasteiger partial charge in [-0.1, -0.05) is 56.3 Å². The summed E-state index contributed by atoms with van der Waals surface area (Å²) in [7, 11) is 0. The lowest BCUT2D eigenvalue weighted by Gasteiger charge is -2.07. The zero-order valence-corrected chi connectivity index (χ0v) is 14.6. The fourth-order valence-electron chi connectivity index (χ4n) is 2.39. The first-order chi connectivity index (χ1) is 11.1. The van der Waals surface area contributed by atoms with Gasteiger partial charge in [-0.05, 0) is 30.0 Å². The van der Waals surface area contributed by atoms with Gasteiger partial charge in [0.1, 0.15) is 17.4 Å². The summed E-state index contributed by atoms with van der Waals surface area (Å²) in [4.78, 5) is 4.69. The number of rotatable bonds is 5. The maximum atomic E-state index is 5.87. The number of nitrogens with zero attached hydrogens (tertiary/aromatic N) is 1. The highest BCUT2D eigenvalue weighted by Crippen LogP contribution is 2.26. The third-order valence-corrected chi connectivity index (χ3v) is 4.79. The fourth-order valence-corrected chi connectivity index (χ4v) is 3.20. The van der Waals surface area contributed by atoms with Crippen molar-refractivity contribution in [3.63, 3.8) is 0 Å². The van der Waals surface area contributed by atoms with Crippen molar-refractivity contribution in [1.82, 2.24) is 4.98 Å². The van der Waals surface area contributed by atoms with Crippen LogP contribution in [0.25, 0.3) is 10.6 Å². The van der Waals surface area contributed by atoms with E-state index in [9.17, 15) is 0 Å². The lowest BCUT2D eigenvalue weighted by Crippen LogP contribution is -1.97. The molecule has 2 nitrogen and oxygen atoms in total. The van der Waals surface area contributed by atoms with Gasteiger partial charge in [0.05, 0.1) is 5.69 Å². The van der Waals surface area contributed by atoms with E-state index < -0.39 is 0 Å². The molecular weight excluding hydrogens is 302 g/mol. The van der Waals surface area contributed by atoms with Crippen molar-refractivity contribution in [3.8, 4) is 16.3 Å². The number of aromatic nitrogens is 1. The summed E-state index contributed by atoms with van der Waals surface area (Å²) < 4.78 is 5.87. The Labute approximate surface area is 141 Å². The first-order valence-corrected chi connectivity index (χ1v) is 8.74. The van der Waals surface area contributed by atoms with Crippen LogP contribution in [0.5, 0.6) is 5.75 Å². The molecule has 0 bridgehead atoms.